The number of carbonyl (C=O) groups excluding carboxylic acids is 2. The Bertz CT molecular complexity index is 961. The summed E-state index contributed by atoms with van der Waals surface area (Å²) in [6.07, 6.45) is 1.20. The van der Waals surface area contributed by atoms with E-state index in [0.29, 0.717) is 11.3 Å². The van der Waals surface area contributed by atoms with Gasteiger partial charge in [-0.2, -0.15) is 5.26 Å². The number of amides is 1. The number of nitro groups is 1. The Hall–Kier alpha value is -4.19. The van der Waals surface area contributed by atoms with Crippen LogP contribution in [0.25, 0.3) is 0 Å². The van der Waals surface area contributed by atoms with Gasteiger partial charge >= 0.3 is 5.97 Å². The van der Waals surface area contributed by atoms with Gasteiger partial charge in [0.2, 0.25) is 0 Å². The molecule has 2 aromatic rings. The van der Waals surface area contributed by atoms with Crippen molar-refractivity contribution in [1.82, 2.24) is 0 Å². The first kappa shape index (κ1) is 20.1. The van der Waals surface area contributed by atoms with Crippen molar-refractivity contribution < 1.29 is 19.2 Å². The number of carbonyl (C=O) groups is 2. The third-order valence-electron chi connectivity index (χ3n) is 3.46. The van der Waals surface area contributed by atoms with Crippen molar-refractivity contribution in [3.8, 4) is 6.07 Å². The molecular formula is C19H16N4O5. The lowest BCUT2D eigenvalue weighted by atomic mass is 10.2. The topological polar surface area (TPSA) is 134 Å². The van der Waals surface area contributed by atoms with Gasteiger partial charge in [0.05, 0.1) is 17.1 Å². The van der Waals surface area contributed by atoms with Crippen LogP contribution < -0.4 is 10.6 Å². The molecule has 28 heavy (non-hydrogen) atoms. The van der Waals surface area contributed by atoms with Crippen molar-refractivity contribution in [2.75, 3.05) is 17.2 Å². The number of nitriles is 1. The molecule has 0 saturated heterocycles. The number of anilines is 2. The van der Waals surface area contributed by atoms with Gasteiger partial charge in [-0.1, -0.05) is 6.07 Å². The molecule has 0 fully saturated rings. The van der Waals surface area contributed by atoms with Crippen LogP contribution >= 0.6 is 0 Å². The molecule has 0 unspecified atom stereocenters. The van der Waals surface area contributed by atoms with Crippen LogP contribution in [0.1, 0.15) is 17.3 Å². The van der Waals surface area contributed by atoms with E-state index in [1.54, 1.807) is 37.3 Å². The summed E-state index contributed by atoms with van der Waals surface area (Å²) in [5.41, 5.74) is 0.699. The summed E-state index contributed by atoms with van der Waals surface area (Å²) in [6.45, 7) is 1.98. The molecule has 2 aromatic carbocycles. The van der Waals surface area contributed by atoms with Gasteiger partial charge in [0.15, 0.2) is 0 Å². The van der Waals surface area contributed by atoms with E-state index in [1.165, 1.54) is 30.5 Å². The number of rotatable bonds is 7. The number of nitrogens with zero attached hydrogens (tertiary/aromatic N) is 2. The molecule has 0 heterocycles. The maximum atomic E-state index is 12.2. The Labute approximate surface area is 160 Å². The standard InChI is InChI=1S/C19H16N4O5/c1-2-28-19(25)13-6-8-15(9-7-13)21-12-14(11-20)18(24)22-16-4-3-5-17(10-16)23(26)27/h3-10,12,21H,2H2,1H3,(H,22,24)/b14-12-. The number of benzene rings is 2. The van der Waals surface area contributed by atoms with E-state index in [1.807, 2.05) is 0 Å². The first-order valence-corrected chi connectivity index (χ1v) is 8.14. The van der Waals surface area contributed by atoms with E-state index >= 15 is 0 Å². The first-order valence-electron chi connectivity index (χ1n) is 8.14. The van der Waals surface area contributed by atoms with Gasteiger partial charge in [0.1, 0.15) is 11.6 Å². The monoisotopic (exact) mass is 380 g/mol. The molecule has 9 nitrogen and oxygen atoms in total. The normalized spacial score (nSPS) is 10.5. The average molecular weight is 380 g/mol. The number of ether oxygens (including phenoxy) is 1. The molecule has 0 aromatic heterocycles. The fourth-order valence-electron chi connectivity index (χ4n) is 2.12. The van der Waals surface area contributed by atoms with E-state index < -0.39 is 16.8 Å². The minimum atomic E-state index is -0.723. The minimum Gasteiger partial charge on any atom is -0.462 e. The van der Waals surface area contributed by atoms with Crippen LogP contribution in [0.2, 0.25) is 0 Å². The van der Waals surface area contributed by atoms with E-state index in [2.05, 4.69) is 10.6 Å². The third-order valence-corrected chi connectivity index (χ3v) is 3.46. The number of esters is 1. The van der Waals surface area contributed by atoms with Crippen LogP contribution in [0.4, 0.5) is 17.1 Å². The Morgan fingerprint density at radius 1 is 1.21 bits per heavy atom. The summed E-state index contributed by atoms with van der Waals surface area (Å²) in [6, 6.07) is 13.4. The Kier molecular flexibility index (Phi) is 6.82. The highest BCUT2D eigenvalue weighted by Crippen LogP contribution is 2.18. The highest BCUT2D eigenvalue weighted by molar-refractivity contribution is 6.06. The van der Waals surface area contributed by atoms with Crippen LogP contribution in [0.3, 0.4) is 0 Å². The number of non-ortho nitro benzene ring substituents is 1. The molecule has 0 aliphatic rings. The molecule has 2 rings (SSSR count). The molecule has 0 radical (unpaired) electrons. The van der Waals surface area contributed by atoms with Crippen molar-refractivity contribution in [3.63, 3.8) is 0 Å². The van der Waals surface area contributed by atoms with Crippen LogP contribution in [-0.2, 0) is 9.53 Å². The van der Waals surface area contributed by atoms with Crippen molar-refractivity contribution >= 4 is 28.9 Å². The highest BCUT2D eigenvalue weighted by atomic mass is 16.6. The predicted octanol–water partition coefficient (Wildman–Crippen LogP) is 3.23. The minimum absolute atomic E-state index is 0.180. The zero-order chi connectivity index (χ0) is 20.5. The van der Waals surface area contributed by atoms with Gasteiger partial charge in [-0.05, 0) is 37.3 Å². The van der Waals surface area contributed by atoms with Crippen molar-refractivity contribution in [2.24, 2.45) is 0 Å². The lowest BCUT2D eigenvalue weighted by molar-refractivity contribution is -0.384. The molecule has 0 spiro atoms. The van der Waals surface area contributed by atoms with E-state index in [0.717, 1.165) is 0 Å². The van der Waals surface area contributed by atoms with Crippen LogP contribution in [0, 0.1) is 21.4 Å². The second-order valence-electron chi connectivity index (χ2n) is 5.37. The second-order valence-corrected chi connectivity index (χ2v) is 5.37. The van der Waals surface area contributed by atoms with Gasteiger partial charge in [0, 0.05) is 29.7 Å². The molecule has 0 bridgehead atoms. The van der Waals surface area contributed by atoms with Crippen LogP contribution in [0.15, 0.2) is 60.3 Å². The predicted molar refractivity (Wildman–Crippen MR) is 101 cm³/mol. The van der Waals surface area contributed by atoms with Gasteiger partial charge in [-0.3, -0.25) is 14.9 Å². The molecule has 0 saturated carbocycles. The number of hydrogen-bond acceptors (Lipinski definition) is 7. The van der Waals surface area contributed by atoms with Gasteiger partial charge in [-0.25, -0.2) is 4.79 Å². The summed E-state index contributed by atoms with van der Waals surface area (Å²) < 4.78 is 4.89. The molecule has 0 aliphatic carbocycles. The van der Waals surface area contributed by atoms with E-state index in [4.69, 9.17) is 4.74 Å². The maximum absolute atomic E-state index is 12.2. The molecule has 2 N–H and O–H groups in total. The van der Waals surface area contributed by atoms with Crippen molar-refractivity contribution in [2.45, 2.75) is 6.92 Å². The molecule has 1 amide bonds. The quantitative estimate of drug-likeness (QED) is 0.247. The summed E-state index contributed by atoms with van der Waals surface area (Å²) in [4.78, 5) is 34.0. The summed E-state index contributed by atoms with van der Waals surface area (Å²) in [5.74, 6) is -1.17. The lowest BCUT2D eigenvalue weighted by Crippen LogP contribution is -2.14. The van der Waals surface area contributed by atoms with Gasteiger partial charge in [-0.15, -0.1) is 0 Å². The number of hydrogen-bond donors (Lipinski definition) is 2. The maximum Gasteiger partial charge on any atom is 0.338 e. The second kappa shape index (κ2) is 9.49. The van der Waals surface area contributed by atoms with Gasteiger partial charge in [0.25, 0.3) is 11.6 Å². The van der Waals surface area contributed by atoms with Crippen LogP contribution in [0.5, 0.6) is 0 Å². The summed E-state index contributed by atoms with van der Waals surface area (Å²) in [5, 5.41) is 25.2. The molecule has 0 aliphatic heterocycles. The summed E-state index contributed by atoms with van der Waals surface area (Å²) in [7, 11) is 0. The molecule has 0 atom stereocenters. The summed E-state index contributed by atoms with van der Waals surface area (Å²) >= 11 is 0. The zero-order valence-corrected chi connectivity index (χ0v) is 14.8. The SMILES string of the molecule is CCOC(=O)c1ccc(N/C=C(/C#N)C(=O)Nc2cccc([N+](=O)[O-])c2)cc1. The Morgan fingerprint density at radius 3 is 2.54 bits per heavy atom. The Balaban J connectivity index is 2.06. The third kappa shape index (κ3) is 5.40. The molecule has 142 valence electrons. The average Bonchev–Trinajstić information content (AvgIpc) is 2.69. The number of nitro benzene ring substituents is 1. The van der Waals surface area contributed by atoms with Crippen molar-refractivity contribution in [1.29, 1.82) is 5.26 Å². The lowest BCUT2D eigenvalue weighted by Gasteiger charge is -2.06. The van der Waals surface area contributed by atoms with Gasteiger partial charge < -0.3 is 15.4 Å². The fraction of sp³-hybridized carbons (Fsp3) is 0.105. The van der Waals surface area contributed by atoms with E-state index in [-0.39, 0.29) is 23.6 Å². The van der Waals surface area contributed by atoms with E-state index in [9.17, 15) is 25.0 Å². The van der Waals surface area contributed by atoms with Crippen molar-refractivity contribution in [3.05, 3.63) is 76.0 Å². The molecule has 9 heteroatoms. The smallest absolute Gasteiger partial charge is 0.338 e. The van der Waals surface area contributed by atoms with Crippen LogP contribution in [-0.4, -0.2) is 23.4 Å². The fourth-order valence-corrected chi connectivity index (χ4v) is 2.12. The largest absolute Gasteiger partial charge is 0.462 e. The molecular weight excluding hydrogens is 364 g/mol. The number of nitrogens with one attached hydrogen (secondary N) is 2. The first-order chi connectivity index (χ1) is 13.4. The highest BCUT2D eigenvalue weighted by Gasteiger charge is 2.12. The zero-order valence-electron chi connectivity index (χ0n) is 14.8. The Morgan fingerprint density at radius 2 is 1.93 bits per heavy atom.